The van der Waals surface area contributed by atoms with Crippen LogP contribution in [-0.4, -0.2) is 122 Å². The second-order valence-electron chi connectivity index (χ2n) is 13.5. The van der Waals surface area contributed by atoms with Crippen molar-refractivity contribution >= 4 is 71.9 Å². The van der Waals surface area contributed by atoms with E-state index < -0.39 is 134 Å². The van der Waals surface area contributed by atoms with Gasteiger partial charge in [0.1, 0.15) is 36.3 Å². The van der Waals surface area contributed by atoms with Crippen LogP contribution in [0.15, 0.2) is 0 Å². The number of aliphatic carboxylic acids is 4. The molecule has 21 heteroatoms. The second-order valence-corrected chi connectivity index (χ2v) is 13.9. The van der Waals surface area contributed by atoms with Crippen molar-refractivity contribution in [2.75, 3.05) is 5.75 Å². The number of carboxylic acid groups (broad SMARTS) is 4. The molecule has 1 rings (SSSR count). The molecule has 0 bridgehead atoms. The van der Waals surface area contributed by atoms with E-state index in [4.69, 9.17) is 0 Å². The number of nitrogens with one attached hydrogen (secondary N) is 6. The highest BCUT2D eigenvalue weighted by Gasteiger charge is 2.37. The minimum absolute atomic E-state index is 0.0641. The zero-order chi connectivity index (χ0) is 41.1. The van der Waals surface area contributed by atoms with Gasteiger partial charge in [0.25, 0.3) is 0 Å². The lowest BCUT2D eigenvalue weighted by atomic mass is 9.83. The van der Waals surface area contributed by atoms with Crippen molar-refractivity contribution < 1.29 is 68.4 Å². The molecule has 10 N–H and O–H groups in total. The minimum Gasteiger partial charge on any atom is -0.481 e. The lowest BCUT2D eigenvalue weighted by Gasteiger charge is -2.32. The molecule has 0 aromatic rings. The number of carbonyl (C=O) groups is 10. The van der Waals surface area contributed by atoms with E-state index >= 15 is 0 Å². The molecule has 54 heavy (non-hydrogen) atoms. The van der Waals surface area contributed by atoms with Gasteiger partial charge in [0.05, 0.1) is 6.42 Å². The van der Waals surface area contributed by atoms with Gasteiger partial charge in [0.15, 0.2) is 0 Å². The highest BCUT2D eigenvalue weighted by molar-refractivity contribution is 7.80. The third-order valence-corrected chi connectivity index (χ3v) is 8.84. The largest absolute Gasteiger partial charge is 0.481 e. The number of rotatable bonds is 24. The van der Waals surface area contributed by atoms with Crippen molar-refractivity contribution in [1.82, 2.24) is 31.9 Å². The Kier molecular flexibility index (Phi) is 20.6. The zero-order valence-corrected chi connectivity index (χ0v) is 31.3. The quantitative estimate of drug-likeness (QED) is 0.0510. The summed E-state index contributed by atoms with van der Waals surface area (Å²) in [7, 11) is 0. The molecule has 0 radical (unpaired) electrons. The predicted molar refractivity (Wildman–Crippen MR) is 191 cm³/mol. The first-order valence-corrected chi connectivity index (χ1v) is 18.2. The predicted octanol–water partition coefficient (Wildman–Crippen LogP) is -1.24. The third kappa shape index (κ3) is 17.7. The fourth-order valence-electron chi connectivity index (χ4n) is 5.79. The number of hydrogen-bond donors (Lipinski definition) is 11. The molecule has 1 fully saturated rings. The van der Waals surface area contributed by atoms with E-state index in [0.29, 0.717) is 12.8 Å². The van der Waals surface area contributed by atoms with E-state index in [9.17, 15) is 68.4 Å². The van der Waals surface area contributed by atoms with Gasteiger partial charge in [0.2, 0.25) is 35.4 Å². The molecule has 0 spiro atoms. The maximum Gasteiger partial charge on any atom is 0.327 e. The van der Waals surface area contributed by atoms with Gasteiger partial charge in [-0.25, -0.2) is 4.79 Å². The summed E-state index contributed by atoms with van der Waals surface area (Å²) >= 11 is 3.96. The SMILES string of the molecule is CC(=O)N[C@@H](CC(=O)O)C(=O)N[C@H](CCC(=O)O)C(=O)N[C@@H](CC(C)C)C(=O)N[C@@H](CCC(=O)O)C(=O)N[C@H](C(=O)N[C@@H](CS)C(=O)O)C1CCCCC1. The second kappa shape index (κ2) is 23.7. The van der Waals surface area contributed by atoms with Gasteiger partial charge in [-0.2, -0.15) is 12.6 Å². The first kappa shape index (κ1) is 47.1. The normalized spacial score (nSPS) is 16.2. The van der Waals surface area contributed by atoms with Gasteiger partial charge in [-0.05, 0) is 43.9 Å². The average molecular weight is 789 g/mol. The first-order valence-electron chi connectivity index (χ1n) is 17.5. The fraction of sp³-hybridized carbons (Fsp3) is 0.697. The van der Waals surface area contributed by atoms with E-state index in [2.05, 4.69) is 44.5 Å². The van der Waals surface area contributed by atoms with Crippen molar-refractivity contribution in [2.45, 2.75) is 128 Å². The molecule has 20 nitrogen and oxygen atoms in total. The first-order chi connectivity index (χ1) is 25.2. The Bertz CT molecular complexity index is 1370. The molecule has 304 valence electrons. The number of thiol groups is 1. The van der Waals surface area contributed by atoms with E-state index in [-0.39, 0.29) is 18.1 Å². The van der Waals surface area contributed by atoms with E-state index in [1.54, 1.807) is 13.8 Å². The van der Waals surface area contributed by atoms with Gasteiger partial charge >= 0.3 is 23.9 Å². The number of carboxylic acids is 4. The number of carbonyl (C=O) groups excluding carboxylic acids is 6. The topological polar surface area (TPSA) is 324 Å². The van der Waals surface area contributed by atoms with E-state index in [1.807, 2.05) is 0 Å². The summed E-state index contributed by atoms with van der Waals surface area (Å²) in [5, 5.41) is 51.4. The van der Waals surface area contributed by atoms with Crippen molar-refractivity contribution in [3.63, 3.8) is 0 Å². The van der Waals surface area contributed by atoms with Crippen LogP contribution < -0.4 is 31.9 Å². The Morgan fingerprint density at radius 1 is 0.574 bits per heavy atom. The minimum atomic E-state index is -1.63. The molecule has 0 aromatic heterocycles. The maximum atomic E-state index is 13.7. The van der Waals surface area contributed by atoms with Crippen LogP contribution in [0.25, 0.3) is 0 Å². The molecule has 0 saturated heterocycles. The Morgan fingerprint density at radius 3 is 1.44 bits per heavy atom. The van der Waals surface area contributed by atoms with Gasteiger partial charge in [-0.1, -0.05) is 33.1 Å². The molecule has 0 unspecified atom stereocenters. The molecule has 1 aliphatic rings. The Morgan fingerprint density at radius 2 is 1.02 bits per heavy atom. The molecule has 6 amide bonds. The van der Waals surface area contributed by atoms with Crippen LogP contribution in [0.5, 0.6) is 0 Å². The zero-order valence-electron chi connectivity index (χ0n) is 30.4. The third-order valence-electron chi connectivity index (χ3n) is 8.47. The van der Waals surface area contributed by atoms with Crippen LogP contribution in [0.1, 0.15) is 91.4 Å². The Hall–Kier alpha value is -4.95. The van der Waals surface area contributed by atoms with Gasteiger partial charge < -0.3 is 52.3 Å². The van der Waals surface area contributed by atoms with Crippen LogP contribution in [0.2, 0.25) is 0 Å². The van der Waals surface area contributed by atoms with Crippen LogP contribution in [0.3, 0.4) is 0 Å². The van der Waals surface area contributed by atoms with Gasteiger partial charge in [-0.3, -0.25) is 43.2 Å². The molecule has 0 aromatic carbocycles. The Balaban J connectivity index is 3.38. The smallest absolute Gasteiger partial charge is 0.327 e. The molecule has 0 aliphatic heterocycles. The summed E-state index contributed by atoms with van der Waals surface area (Å²) in [4.78, 5) is 124. The average Bonchev–Trinajstić information content (AvgIpc) is 3.07. The molecule has 1 aliphatic carbocycles. The summed E-state index contributed by atoms with van der Waals surface area (Å²) in [6, 6.07) is -8.86. The summed E-state index contributed by atoms with van der Waals surface area (Å²) in [6.45, 7) is 4.41. The maximum absolute atomic E-state index is 13.7. The van der Waals surface area contributed by atoms with Crippen molar-refractivity contribution in [1.29, 1.82) is 0 Å². The molecule has 0 heterocycles. The van der Waals surface area contributed by atoms with E-state index in [0.717, 1.165) is 26.2 Å². The molecular weight excluding hydrogens is 736 g/mol. The fourth-order valence-corrected chi connectivity index (χ4v) is 6.04. The summed E-state index contributed by atoms with van der Waals surface area (Å²) in [6.07, 6.45) is 0.258. The Labute approximate surface area is 317 Å². The van der Waals surface area contributed by atoms with Crippen LogP contribution >= 0.6 is 12.6 Å². The van der Waals surface area contributed by atoms with Crippen molar-refractivity contribution in [3.8, 4) is 0 Å². The highest BCUT2D eigenvalue weighted by Crippen LogP contribution is 2.27. The highest BCUT2D eigenvalue weighted by atomic mass is 32.1. The van der Waals surface area contributed by atoms with Crippen LogP contribution in [0.4, 0.5) is 0 Å². The van der Waals surface area contributed by atoms with Crippen LogP contribution in [0, 0.1) is 11.8 Å². The molecule has 1 saturated carbocycles. The number of amides is 6. The lowest BCUT2D eigenvalue weighted by molar-refractivity contribution is -0.142. The van der Waals surface area contributed by atoms with Crippen molar-refractivity contribution in [3.05, 3.63) is 0 Å². The van der Waals surface area contributed by atoms with E-state index in [1.165, 1.54) is 0 Å². The van der Waals surface area contributed by atoms with Crippen molar-refractivity contribution in [2.24, 2.45) is 11.8 Å². The monoisotopic (exact) mass is 788 g/mol. The lowest BCUT2D eigenvalue weighted by Crippen LogP contribution is -2.60. The molecular formula is C33H52N6O14S. The summed E-state index contributed by atoms with van der Waals surface area (Å²) in [5.41, 5.74) is 0. The van der Waals surface area contributed by atoms with Gasteiger partial charge in [-0.15, -0.1) is 0 Å². The number of hydrogen-bond acceptors (Lipinski definition) is 11. The summed E-state index contributed by atoms with van der Waals surface area (Å²) in [5.74, 6) is -12.1. The molecule has 6 atom stereocenters. The standard InChI is InChI=1S/C33H52N6O14S/c1-16(2)13-21(37-28(47)19(9-11-24(41)42)35-31(50)22(14-26(45)46)34-17(3)40)30(49)36-20(10-12-25(43)44)29(48)39-27(18-7-5-4-6-8-18)32(51)38-23(15-54)33(52)53/h16,18-23,27,54H,4-15H2,1-3H3,(H,34,40)(H,35,50)(H,36,49)(H,37,47)(H,38,51)(H,39,48)(H,41,42)(H,43,44)(H,45,46)(H,52,53)/t19-,20+,21+,22+,23+,27+/m1/s1. The van der Waals surface area contributed by atoms with Crippen LogP contribution in [-0.2, 0) is 47.9 Å². The van der Waals surface area contributed by atoms with Gasteiger partial charge in [0, 0.05) is 25.5 Å². The summed E-state index contributed by atoms with van der Waals surface area (Å²) < 4.78 is 0.